The molecule has 2 amide bonds. The van der Waals surface area contributed by atoms with Crippen LogP contribution in [-0.4, -0.2) is 30.3 Å². The Kier molecular flexibility index (Phi) is 3.22. The second kappa shape index (κ2) is 4.85. The zero-order chi connectivity index (χ0) is 12.4. The predicted molar refractivity (Wildman–Crippen MR) is 69.8 cm³/mol. The largest absolute Gasteiger partial charge is 0.381 e. The van der Waals surface area contributed by atoms with Crippen LogP contribution in [0.25, 0.3) is 0 Å². The van der Waals surface area contributed by atoms with Gasteiger partial charge in [-0.3, -0.25) is 5.32 Å². The number of nitrogens with one attached hydrogen (secondary N) is 2. The van der Waals surface area contributed by atoms with E-state index in [9.17, 15) is 4.79 Å². The van der Waals surface area contributed by atoms with Gasteiger partial charge < -0.3 is 10.1 Å². The van der Waals surface area contributed by atoms with Crippen LogP contribution in [0.4, 0.5) is 9.93 Å². The van der Waals surface area contributed by atoms with Gasteiger partial charge in [-0.25, -0.2) is 9.78 Å². The number of thiazole rings is 1. The van der Waals surface area contributed by atoms with E-state index in [1.165, 1.54) is 17.8 Å². The fourth-order valence-corrected chi connectivity index (χ4v) is 3.40. The van der Waals surface area contributed by atoms with Crippen molar-refractivity contribution in [3.63, 3.8) is 0 Å². The number of ether oxygens (including phenoxy) is 1. The minimum Gasteiger partial charge on any atom is -0.381 e. The molecule has 2 N–H and O–H groups in total. The highest BCUT2D eigenvalue weighted by atomic mass is 32.1. The van der Waals surface area contributed by atoms with E-state index in [2.05, 4.69) is 15.6 Å². The maximum atomic E-state index is 11.9. The Morgan fingerprint density at radius 1 is 1.44 bits per heavy atom. The molecule has 0 bridgehead atoms. The maximum absolute atomic E-state index is 11.9. The molecular formula is C12H17N3O2S. The van der Waals surface area contributed by atoms with Crippen molar-refractivity contribution in [1.82, 2.24) is 10.3 Å². The van der Waals surface area contributed by atoms with Crippen LogP contribution in [0.3, 0.4) is 0 Å². The summed E-state index contributed by atoms with van der Waals surface area (Å²) in [5, 5.41) is 8.34. The molecule has 1 unspecified atom stereocenters. The molecule has 5 nitrogen and oxygen atoms in total. The molecule has 0 radical (unpaired) electrons. The normalized spacial score (nSPS) is 25.4. The number of aromatic nitrogens is 1. The van der Waals surface area contributed by atoms with Crippen molar-refractivity contribution in [2.75, 3.05) is 18.5 Å². The summed E-state index contributed by atoms with van der Waals surface area (Å²) in [5.41, 5.74) is 0.290. The van der Waals surface area contributed by atoms with Gasteiger partial charge in [-0.15, -0.1) is 11.3 Å². The highest BCUT2D eigenvalue weighted by molar-refractivity contribution is 7.13. The van der Waals surface area contributed by atoms with Crippen LogP contribution in [0.15, 0.2) is 11.6 Å². The number of anilines is 1. The van der Waals surface area contributed by atoms with Crippen LogP contribution >= 0.6 is 11.3 Å². The lowest BCUT2D eigenvalue weighted by Crippen LogP contribution is -2.57. The van der Waals surface area contributed by atoms with E-state index in [0.717, 1.165) is 32.5 Å². The molecule has 98 valence electrons. The number of nitrogens with zero attached hydrogens (tertiary/aromatic N) is 1. The average molecular weight is 267 g/mol. The molecule has 2 heterocycles. The molecule has 1 spiro atoms. The van der Waals surface area contributed by atoms with Gasteiger partial charge in [-0.05, 0) is 31.1 Å². The maximum Gasteiger partial charge on any atom is 0.321 e. The van der Waals surface area contributed by atoms with E-state index in [1.807, 2.05) is 5.38 Å². The second-order valence-corrected chi connectivity index (χ2v) is 5.90. The average Bonchev–Trinajstić information content (AvgIpc) is 2.88. The van der Waals surface area contributed by atoms with Gasteiger partial charge in [0, 0.05) is 30.8 Å². The predicted octanol–water partition coefficient (Wildman–Crippen LogP) is 2.22. The van der Waals surface area contributed by atoms with Crippen molar-refractivity contribution in [3.8, 4) is 0 Å². The first kappa shape index (κ1) is 11.9. The Balaban J connectivity index is 1.55. The number of carbonyl (C=O) groups is 1. The fourth-order valence-electron chi connectivity index (χ4n) is 2.88. The van der Waals surface area contributed by atoms with E-state index in [-0.39, 0.29) is 6.03 Å². The number of urea groups is 1. The van der Waals surface area contributed by atoms with E-state index >= 15 is 0 Å². The van der Waals surface area contributed by atoms with Crippen molar-refractivity contribution >= 4 is 22.5 Å². The molecule has 2 fully saturated rings. The lowest BCUT2D eigenvalue weighted by molar-refractivity contribution is -0.0507. The highest BCUT2D eigenvalue weighted by Crippen LogP contribution is 2.48. The summed E-state index contributed by atoms with van der Waals surface area (Å²) in [6.07, 6.45) is 6.10. The summed E-state index contributed by atoms with van der Waals surface area (Å²) < 4.78 is 5.40. The van der Waals surface area contributed by atoms with E-state index in [1.54, 1.807) is 6.20 Å². The molecular weight excluding hydrogens is 250 g/mol. The summed E-state index contributed by atoms with van der Waals surface area (Å²) >= 11 is 1.43. The lowest BCUT2D eigenvalue weighted by Gasteiger charge is -2.51. The van der Waals surface area contributed by atoms with Gasteiger partial charge in [-0.1, -0.05) is 0 Å². The van der Waals surface area contributed by atoms with Gasteiger partial charge in [0.25, 0.3) is 0 Å². The number of rotatable bonds is 2. The van der Waals surface area contributed by atoms with Crippen molar-refractivity contribution in [3.05, 3.63) is 11.6 Å². The smallest absolute Gasteiger partial charge is 0.321 e. The first-order chi connectivity index (χ1) is 8.78. The molecule has 18 heavy (non-hydrogen) atoms. The van der Waals surface area contributed by atoms with Gasteiger partial charge in [0.05, 0.1) is 0 Å². The van der Waals surface area contributed by atoms with Crippen molar-refractivity contribution in [2.45, 2.75) is 31.7 Å². The summed E-state index contributed by atoms with van der Waals surface area (Å²) in [5.74, 6) is 0. The molecule has 0 aromatic carbocycles. The molecule has 2 aliphatic rings. The minimum absolute atomic E-state index is 0.138. The summed E-state index contributed by atoms with van der Waals surface area (Å²) in [7, 11) is 0. The quantitative estimate of drug-likeness (QED) is 0.863. The minimum atomic E-state index is -0.138. The van der Waals surface area contributed by atoms with Gasteiger partial charge in [-0.2, -0.15) is 0 Å². The number of carbonyl (C=O) groups excluding carboxylic acids is 1. The zero-order valence-electron chi connectivity index (χ0n) is 10.1. The van der Waals surface area contributed by atoms with Gasteiger partial charge in [0.15, 0.2) is 5.13 Å². The summed E-state index contributed by atoms with van der Waals surface area (Å²) in [6.45, 7) is 1.65. The van der Waals surface area contributed by atoms with Crippen LogP contribution < -0.4 is 10.6 Å². The van der Waals surface area contributed by atoms with Crippen molar-refractivity contribution in [2.24, 2.45) is 5.41 Å². The summed E-state index contributed by atoms with van der Waals surface area (Å²) in [6, 6.07) is 0.155. The molecule has 1 saturated heterocycles. The second-order valence-electron chi connectivity index (χ2n) is 5.00. The Morgan fingerprint density at radius 3 is 2.89 bits per heavy atom. The third-order valence-corrected chi connectivity index (χ3v) is 4.81. The summed E-state index contributed by atoms with van der Waals surface area (Å²) in [4.78, 5) is 15.9. The molecule has 1 aliphatic heterocycles. The van der Waals surface area contributed by atoms with Crippen LogP contribution in [-0.2, 0) is 4.74 Å². The third kappa shape index (κ3) is 2.22. The zero-order valence-corrected chi connectivity index (χ0v) is 11.0. The Hall–Kier alpha value is -1.14. The number of amides is 2. The topological polar surface area (TPSA) is 63.2 Å². The molecule has 1 atom stereocenters. The lowest BCUT2D eigenvalue weighted by atomic mass is 9.60. The molecule has 6 heteroatoms. The molecule has 1 aromatic rings. The monoisotopic (exact) mass is 267 g/mol. The first-order valence-corrected chi connectivity index (χ1v) is 7.21. The van der Waals surface area contributed by atoms with Crippen LogP contribution in [0, 0.1) is 5.41 Å². The van der Waals surface area contributed by atoms with E-state index < -0.39 is 0 Å². The standard InChI is InChI=1S/C12H17N3O2S/c16-10(15-11-13-5-8-18-11)14-9-1-2-12(9)3-6-17-7-4-12/h5,8-9H,1-4,6-7H2,(H2,13,14,15,16). The third-order valence-electron chi connectivity index (χ3n) is 4.12. The van der Waals surface area contributed by atoms with E-state index in [4.69, 9.17) is 4.74 Å². The Morgan fingerprint density at radius 2 is 2.28 bits per heavy atom. The first-order valence-electron chi connectivity index (χ1n) is 6.33. The van der Waals surface area contributed by atoms with Crippen LogP contribution in [0.1, 0.15) is 25.7 Å². The van der Waals surface area contributed by atoms with Crippen molar-refractivity contribution in [1.29, 1.82) is 0 Å². The van der Waals surface area contributed by atoms with Crippen LogP contribution in [0.5, 0.6) is 0 Å². The van der Waals surface area contributed by atoms with Gasteiger partial charge in [0.1, 0.15) is 0 Å². The van der Waals surface area contributed by atoms with Gasteiger partial charge in [0.2, 0.25) is 0 Å². The van der Waals surface area contributed by atoms with E-state index in [0.29, 0.717) is 16.6 Å². The van der Waals surface area contributed by atoms with Gasteiger partial charge >= 0.3 is 6.03 Å². The molecule has 1 aromatic heterocycles. The SMILES string of the molecule is O=C(Nc1nccs1)NC1CCC12CCOCC2. The van der Waals surface area contributed by atoms with Crippen LogP contribution in [0.2, 0.25) is 0 Å². The number of hydrogen-bond acceptors (Lipinski definition) is 4. The Labute approximate surface area is 110 Å². The molecule has 3 rings (SSSR count). The van der Waals surface area contributed by atoms with Crippen molar-refractivity contribution < 1.29 is 9.53 Å². The fraction of sp³-hybridized carbons (Fsp3) is 0.667. The highest BCUT2D eigenvalue weighted by Gasteiger charge is 2.47. The number of hydrogen-bond donors (Lipinski definition) is 2. The molecule has 1 aliphatic carbocycles. The Bertz CT molecular complexity index is 415. The molecule has 1 saturated carbocycles.